The average Bonchev–Trinajstić information content (AvgIpc) is 2.37. The van der Waals surface area contributed by atoms with Gasteiger partial charge in [0.1, 0.15) is 0 Å². The molecule has 0 unspecified atom stereocenters. The molecule has 0 spiro atoms. The Labute approximate surface area is 123 Å². The molecule has 0 aliphatic carbocycles. The summed E-state index contributed by atoms with van der Waals surface area (Å²) in [5.41, 5.74) is 0.893. The fourth-order valence-corrected chi connectivity index (χ4v) is 1.76. The number of benzene rings is 1. The van der Waals surface area contributed by atoms with E-state index in [4.69, 9.17) is 28.6 Å². The van der Waals surface area contributed by atoms with Gasteiger partial charge in [0.2, 0.25) is 5.91 Å². The average molecular weight is 301 g/mol. The first-order valence-electron chi connectivity index (χ1n) is 5.93. The SMILES string of the molecule is COCCCNC(=S)NC(=O)Cc1ccc(Cl)cc1. The number of carbonyl (C=O) groups is 1. The minimum Gasteiger partial charge on any atom is -0.385 e. The quantitative estimate of drug-likeness (QED) is 0.622. The van der Waals surface area contributed by atoms with E-state index < -0.39 is 0 Å². The molecule has 0 aliphatic heterocycles. The van der Waals surface area contributed by atoms with Gasteiger partial charge in [-0.1, -0.05) is 23.7 Å². The van der Waals surface area contributed by atoms with Crippen molar-refractivity contribution in [1.82, 2.24) is 10.6 Å². The van der Waals surface area contributed by atoms with Gasteiger partial charge in [0, 0.05) is 25.3 Å². The molecule has 6 heteroatoms. The molecule has 0 fully saturated rings. The molecule has 0 saturated heterocycles. The van der Waals surface area contributed by atoms with Crippen LogP contribution in [0, 0.1) is 0 Å². The van der Waals surface area contributed by atoms with Crippen molar-refractivity contribution >= 4 is 34.8 Å². The van der Waals surface area contributed by atoms with Crippen LogP contribution in [0.3, 0.4) is 0 Å². The number of halogens is 1. The number of thiocarbonyl (C=S) groups is 1. The number of hydrogen-bond acceptors (Lipinski definition) is 3. The number of rotatable bonds is 6. The first-order chi connectivity index (χ1) is 9.11. The van der Waals surface area contributed by atoms with E-state index in [2.05, 4.69) is 10.6 Å². The zero-order valence-electron chi connectivity index (χ0n) is 10.7. The van der Waals surface area contributed by atoms with E-state index in [0.29, 0.717) is 23.3 Å². The molecule has 0 bridgehead atoms. The van der Waals surface area contributed by atoms with Crippen LogP contribution in [-0.4, -0.2) is 31.3 Å². The van der Waals surface area contributed by atoms with Crippen molar-refractivity contribution in [3.63, 3.8) is 0 Å². The summed E-state index contributed by atoms with van der Waals surface area (Å²) in [6, 6.07) is 7.14. The van der Waals surface area contributed by atoms with Crippen LogP contribution in [0.15, 0.2) is 24.3 Å². The first-order valence-corrected chi connectivity index (χ1v) is 6.71. The molecule has 1 aromatic rings. The monoisotopic (exact) mass is 300 g/mol. The molecule has 0 saturated carbocycles. The molecule has 0 heterocycles. The van der Waals surface area contributed by atoms with Crippen molar-refractivity contribution in [2.75, 3.05) is 20.3 Å². The van der Waals surface area contributed by atoms with Crippen LogP contribution in [0.2, 0.25) is 5.02 Å². The zero-order chi connectivity index (χ0) is 14.1. The second kappa shape index (κ2) is 8.85. The maximum atomic E-state index is 11.7. The van der Waals surface area contributed by atoms with Gasteiger partial charge in [0.15, 0.2) is 5.11 Å². The van der Waals surface area contributed by atoms with Gasteiger partial charge >= 0.3 is 0 Å². The van der Waals surface area contributed by atoms with Crippen molar-refractivity contribution in [1.29, 1.82) is 0 Å². The highest BCUT2D eigenvalue weighted by Gasteiger charge is 2.05. The Balaban J connectivity index is 2.26. The van der Waals surface area contributed by atoms with Gasteiger partial charge in [-0.25, -0.2) is 0 Å². The predicted octanol–water partition coefficient (Wildman–Crippen LogP) is 1.91. The van der Waals surface area contributed by atoms with Crippen LogP contribution in [0.25, 0.3) is 0 Å². The maximum Gasteiger partial charge on any atom is 0.230 e. The summed E-state index contributed by atoms with van der Waals surface area (Å²) in [7, 11) is 1.65. The summed E-state index contributed by atoms with van der Waals surface area (Å²) in [5.74, 6) is -0.147. The minimum absolute atomic E-state index is 0.147. The molecule has 0 atom stereocenters. The summed E-state index contributed by atoms with van der Waals surface area (Å²) >= 11 is 10.8. The molecule has 1 amide bonds. The Morgan fingerprint density at radius 1 is 1.37 bits per heavy atom. The van der Waals surface area contributed by atoms with Gasteiger partial charge in [-0.2, -0.15) is 0 Å². The Morgan fingerprint density at radius 2 is 2.05 bits per heavy atom. The van der Waals surface area contributed by atoms with Crippen LogP contribution in [-0.2, 0) is 16.0 Å². The Kier molecular flexibility index (Phi) is 7.40. The van der Waals surface area contributed by atoms with E-state index in [1.807, 2.05) is 12.1 Å². The first kappa shape index (κ1) is 15.9. The van der Waals surface area contributed by atoms with Crippen molar-refractivity contribution in [3.05, 3.63) is 34.9 Å². The van der Waals surface area contributed by atoms with E-state index in [0.717, 1.165) is 12.0 Å². The van der Waals surface area contributed by atoms with Crippen LogP contribution in [0.5, 0.6) is 0 Å². The Hall–Kier alpha value is -1.17. The second-order valence-corrected chi connectivity index (χ2v) is 4.80. The number of hydrogen-bond donors (Lipinski definition) is 2. The molecule has 0 aromatic heterocycles. The van der Waals surface area contributed by atoms with Gasteiger partial charge in [-0.05, 0) is 36.3 Å². The molecule has 0 radical (unpaired) electrons. The normalized spacial score (nSPS) is 10.0. The minimum atomic E-state index is -0.147. The molecule has 2 N–H and O–H groups in total. The van der Waals surface area contributed by atoms with Crippen molar-refractivity contribution in [2.24, 2.45) is 0 Å². The fourth-order valence-electron chi connectivity index (χ4n) is 1.42. The maximum absolute atomic E-state index is 11.7. The largest absolute Gasteiger partial charge is 0.385 e. The number of ether oxygens (including phenoxy) is 1. The smallest absolute Gasteiger partial charge is 0.230 e. The van der Waals surface area contributed by atoms with Crippen LogP contribution < -0.4 is 10.6 Å². The lowest BCUT2D eigenvalue weighted by atomic mass is 10.1. The van der Waals surface area contributed by atoms with Crippen LogP contribution in [0.4, 0.5) is 0 Å². The summed E-state index contributed by atoms with van der Waals surface area (Å²) in [6.45, 7) is 1.34. The van der Waals surface area contributed by atoms with Crippen molar-refractivity contribution < 1.29 is 9.53 Å². The molecular weight excluding hydrogens is 284 g/mol. The van der Waals surface area contributed by atoms with Gasteiger partial charge in [-0.15, -0.1) is 0 Å². The van der Waals surface area contributed by atoms with Crippen LogP contribution in [0.1, 0.15) is 12.0 Å². The molecule has 1 aromatic carbocycles. The lowest BCUT2D eigenvalue weighted by Crippen LogP contribution is -2.40. The van der Waals surface area contributed by atoms with Gasteiger partial charge in [0.05, 0.1) is 6.42 Å². The Morgan fingerprint density at radius 3 is 2.68 bits per heavy atom. The molecule has 104 valence electrons. The van der Waals surface area contributed by atoms with Gasteiger partial charge in [0.25, 0.3) is 0 Å². The number of carbonyl (C=O) groups excluding carboxylic acids is 1. The Bertz CT molecular complexity index is 423. The third-order valence-corrected chi connectivity index (χ3v) is 2.84. The number of methoxy groups -OCH3 is 1. The molecular formula is C13H17ClN2O2S. The summed E-state index contributed by atoms with van der Waals surface area (Å²) in [4.78, 5) is 11.7. The molecule has 19 heavy (non-hydrogen) atoms. The lowest BCUT2D eigenvalue weighted by molar-refractivity contribution is -0.119. The third kappa shape index (κ3) is 7.10. The molecule has 1 rings (SSSR count). The van der Waals surface area contributed by atoms with E-state index >= 15 is 0 Å². The standard InChI is InChI=1S/C13H17ClN2O2S/c1-18-8-2-7-15-13(19)16-12(17)9-10-3-5-11(14)6-4-10/h3-6H,2,7-9H2,1H3,(H2,15,16,17,19). The summed E-state index contributed by atoms with van der Waals surface area (Å²) in [6.07, 6.45) is 1.11. The van der Waals surface area contributed by atoms with Crippen molar-refractivity contribution in [2.45, 2.75) is 12.8 Å². The highest BCUT2D eigenvalue weighted by atomic mass is 35.5. The second-order valence-electron chi connectivity index (χ2n) is 3.95. The lowest BCUT2D eigenvalue weighted by Gasteiger charge is -2.09. The van der Waals surface area contributed by atoms with E-state index in [-0.39, 0.29) is 12.3 Å². The van der Waals surface area contributed by atoms with E-state index in [9.17, 15) is 4.79 Å². The summed E-state index contributed by atoms with van der Waals surface area (Å²) < 4.78 is 4.91. The van der Waals surface area contributed by atoms with Gasteiger partial charge in [-0.3, -0.25) is 4.79 Å². The summed E-state index contributed by atoms with van der Waals surface area (Å²) in [5, 5.41) is 6.56. The zero-order valence-corrected chi connectivity index (χ0v) is 12.3. The highest BCUT2D eigenvalue weighted by Crippen LogP contribution is 2.09. The van der Waals surface area contributed by atoms with E-state index in [1.165, 1.54) is 0 Å². The van der Waals surface area contributed by atoms with E-state index in [1.54, 1.807) is 19.2 Å². The molecule has 4 nitrogen and oxygen atoms in total. The van der Waals surface area contributed by atoms with Crippen molar-refractivity contribution in [3.8, 4) is 0 Å². The number of amides is 1. The third-order valence-electron chi connectivity index (χ3n) is 2.34. The fraction of sp³-hybridized carbons (Fsp3) is 0.385. The highest BCUT2D eigenvalue weighted by molar-refractivity contribution is 7.80. The number of nitrogens with one attached hydrogen (secondary N) is 2. The predicted molar refractivity (Wildman–Crippen MR) is 80.4 cm³/mol. The topological polar surface area (TPSA) is 50.4 Å². The molecule has 0 aliphatic rings. The van der Waals surface area contributed by atoms with Gasteiger partial charge < -0.3 is 15.4 Å². The van der Waals surface area contributed by atoms with Crippen LogP contribution >= 0.6 is 23.8 Å².